The molecule has 2 rings (SSSR count). The molecule has 0 radical (unpaired) electrons. The van der Waals surface area contributed by atoms with Crippen molar-refractivity contribution < 1.29 is 9.66 Å². The fraction of sp³-hybridized carbons (Fsp3) is 0.308. The van der Waals surface area contributed by atoms with Crippen molar-refractivity contribution in [1.29, 1.82) is 0 Å². The molecule has 7 heteroatoms. The van der Waals surface area contributed by atoms with Crippen molar-refractivity contribution >= 4 is 11.6 Å². The molecule has 106 valence electrons. The lowest BCUT2D eigenvalue weighted by molar-refractivity contribution is -0.388. The van der Waals surface area contributed by atoms with Crippen molar-refractivity contribution in [3.8, 4) is 5.75 Å². The molecule has 0 fully saturated rings. The van der Waals surface area contributed by atoms with E-state index in [1.54, 1.807) is 18.7 Å². The number of aryl methyl sites for hydroxylation is 1. The van der Waals surface area contributed by atoms with Crippen LogP contribution in [-0.2, 0) is 7.05 Å². The summed E-state index contributed by atoms with van der Waals surface area (Å²) < 4.78 is 6.88. The highest BCUT2D eigenvalue weighted by molar-refractivity contribution is 5.54. The number of rotatable bonds is 5. The molecule has 0 spiro atoms. The van der Waals surface area contributed by atoms with Gasteiger partial charge in [-0.15, -0.1) is 0 Å². The largest absolute Gasteiger partial charge is 0.496 e. The van der Waals surface area contributed by atoms with Crippen LogP contribution in [-0.4, -0.2) is 21.6 Å². The Bertz CT molecular complexity index is 624. The van der Waals surface area contributed by atoms with E-state index in [0.717, 1.165) is 11.3 Å². The van der Waals surface area contributed by atoms with Gasteiger partial charge >= 0.3 is 5.82 Å². The molecule has 2 aromatic rings. The van der Waals surface area contributed by atoms with Crippen molar-refractivity contribution in [2.75, 3.05) is 12.4 Å². The number of hydrogen-bond donors (Lipinski definition) is 1. The van der Waals surface area contributed by atoms with E-state index in [1.807, 2.05) is 31.2 Å². The Hall–Kier alpha value is -2.57. The summed E-state index contributed by atoms with van der Waals surface area (Å²) in [6.45, 7) is 1.91. The number of nitro groups is 1. The molecule has 1 N–H and O–H groups in total. The first-order valence-electron chi connectivity index (χ1n) is 6.09. The number of anilines is 1. The topological polar surface area (TPSA) is 82.2 Å². The van der Waals surface area contributed by atoms with Gasteiger partial charge in [0, 0.05) is 12.6 Å². The molecule has 0 aliphatic heterocycles. The number of ether oxygens (including phenoxy) is 1. The Kier molecular flexibility index (Phi) is 3.88. The number of imidazole rings is 1. The van der Waals surface area contributed by atoms with Crippen molar-refractivity contribution in [2.45, 2.75) is 13.0 Å². The minimum absolute atomic E-state index is 0.153. The van der Waals surface area contributed by atoms with E-state index >= 15 is 0 Å². The highest BCUT2D eigenvalue weighted by Crippen LogP contribution is 2.30. The van der Waals surface area contributed by atoms with Gasteiger partial charge in [0.1, 0.15) is 5.75 Å². The lowest BCUT2D eigenvalue weighted by atomic mass is 10.1. The lowest BCUT2D eigenvalue weighted by Crippen LogP contribution is -2.11. The summed E-state index contributed by atoms with van der Waals surface area (Å²) in [6, 6.07) is 7.39. The van der Waals surface area contributed by atoms with E-state index in [0.29, 0.717) is 5.82 Å². The maximum Gasteiger partial charge on any atom is 0.406 e. The summed E-state index contributed by atoms with van der Waals surface area (Å²) in [6.07, 6.45) is 1.41. The molecule has 1 aromatic heterocycles. The van der Waals surface area contributed by atoms with Crippen LogP contribution in [0, 0.1) is 10.1 Å². The van der Waals surface area contributed by atoms with E-state index < -0.39 is 4.92 Å². The Morgan fingerprint density at radius 2 is 2.15 bits per heavy atom. The van der Waals surface area contributed by atoms with Gasteiger partial charge in [-0.3, -0.25) is 4.57 Å². The number of benzene rings is 1. The van der Waals surface area contributed by atoms with Crippen LogP contribution in [0.1, 0.15) is 18.5 Å². The highest BCUT2D eigenvalue weighted by Gasteiger charge is 2.22. The average molecular weight is 276 g/mol. The Morgan fingerprint density at radius 1 is 1.45 bits per heavy atom. The summed E-state index contributed by atoms with van der Waals surface area (Å²) in [5, 5.41) is 14.1. The Balaban J connectivity index is 2.30. The van der Waals surface area contributed by atoms with Gasteiger partial charge in [-0.1, -0.05) is 18.2 Å². The van der Waals surface area contributed by atoms with Gasteiger partial charge in [-0.05, 0) is 22.9 Å². The third-order valence-electron chi connectivity index (χ3n) is 3.05. The van der Waals surface area contributed by atoms with Crippen LogP contribution in [0.2, 0.25) is 0 Å². The summed E-state index contributed by atoms with van der Waals surface area (Å²) in [7, 11) is 3.30. The Labute approximate surface area is 116 Å². The van der Waals surface area contributed by atoms with E-state index in [4.69, 9.17) is 4.74 Å². The van der Waals surface area contributed by atoms with Gasteiger partial charge in [-0.25, -0.2) is 0 Å². The fourth-order valence-corrected chi connectivity index (χ4v) is 2.02. The minimum atomic E-state index is -0.503. The summed E-state index contributed by atoms with van der Waals surface area (Å²) in [5.41, 5.74) is 0.922. The van der Waals surface area contributed by atoms with Crippen LogP contribution in [0.3, 0.4) is 0 Å². The number of hydrogen-bond acceptors (Lipinski definition) is 5. The summed E-state index contributed by atoms with van der Waals surface area (Å²) in [4.78, 5) is 14.2. The molecule has 0 saturated carbocycles. The maximum atomic E-state index is 10.9. The Morgan fingerprint density at radius 3 is 2.80 bits per heavy atom. The molecule has 1 heterocycles. The van der Waals surface area contributed by atoms with Gasteiger partial charge in [0.2, 0.25) is 12.1 Å². The van der Waals surface area contributed by atoms with Crippen LogP contribution in [0.4, 0.5) is 11.6 Å². The molecule has 1 unspecified atom stereocenters. The second-order valence-corrected chi connectivity index (χ2v) is 4.39. The third-order valence-corrected chi connectivity index (χ3v) is 3.05. The van der Waals surface area contributed by atoms with Gasteiger partial charge in [0.15, 0.2) is 0 Å². The molecule has 1 atom stereocenters. The summed E-state index contributed by atoms with van der Waals surface area (Å²) >= 11 is 0. The van der Waals surface area contributed by atoms with Crippen LogP contribution < -0.4 is 10.1 Å². The summed E-state index contributed by atoms with van der Waals surface area (Å²) in [5.74, 6) is 0.917. The SMILES string of the molecule is COc1ccccc1C(C)Nc1c([N+](=O)[O-])ncn1C. The molecule has 0 saturated heterocycles. The number of methoxy groups -OCH3 is 1. The smallest absolute Gasteiger partial charge is 0.406 e. The van der Waals surface area contributed by atoms with Crippen molar-refractivity contribution in [3.63, 3.8) is 0 Å². The molecular weight excluding hydrogens is 260 g/mol. The van der Waals surface area contributed by atoms with Gasteiger partial charge in [-0.2, -0.15) is 0 Å². The molecule has 0 aliphatic carbocycles. The van der Waals surface area contributed by atoms with Crippen LogP contribution >= 0.6 is 0 Å². The molecule has 7 nitrogen and oxygen atoms in total. The van der Waals surface area contributed by atoms with Crippen molar-refractivity contribution in [3.05, 3.63) is 46.3 Å². The highest BCUT2D eigenvalue weighted by atomic mass is 16.6. The molecule has 20 heavy (non-hydrogen) atoms. The fourth-order valence-electron chi connectivity index (χ4n) is 2.02. The maximum absolute atomic E-state index is 10.9. The standard InChI is InChI=1S/C13H16N4O3/c1-9(10-6-4-5-7-11(10)20-3)15-13-12(17(18)19)14-8-16(13)2/h4-9,15H,1-3H3. The van der Waals surface area contributed by atoms with E-state index in [-0.39, 0.29) is 11.9 Å². The number of aromatic nitrogens is 2. The number of nitrogens with one attached hydrogen (secondary N) is 1. The van der Waals surface area contributed by atoms with E-state index in [9.17, 15) is 10.1 Å². The van der Waals surface area contributed by atoms with Crippen LogP contribution in [0.25, 0.3) is 0 Å². The van der Waals surface area contributed by atoms with Crippen molar-refractivity contribution in [1.82, 2.24) is 9.55 Å². The minimum Gasteiger partial charge on any atom is -0.496 e. The second-order valence-electron chi connectivity index (χ2n) is 4.39. The zero-order valence-electron chi connectivity index (χ0n) is 11.5. The molecule has 0 amide bonds. The number of nitrogens with zero attached hydrogens (tertiary/aromatic N) is 3. The van der Waals surface area contributed by atoms with Crippen molar-refractivity contribution in [2.24, 2.45) is 7.05 Å². The van der Waals surface area contributed by atoms with Gasteiger partial charge < -0.3 is 20.2 Å². The van der Waals surface area contributed by atoms with E-state index in [1.165, 1.54) is 6.33 Å². The zero-order valence-corrected chi connectivity index (χ0v) is 11.5. The van der Waals surface area contributed by atoms with Crippen LogP contribution in [0.5, 0.6) is 5.75 Å². The predicted octanol–water partition coefficient (Wildman–Crippen LogP) is 2.51. The van der Waals surface area contributed by atoms with Gasteiger partial charge in [0.05, 0.1) is 13.2 Å². The average Bonchev–Trinajstić information content (AvgIpc) is 2.80. The zero-order chi connectivity index (χ0) is 14.7. The normalized spacial score (nSPS) is 11.9. The monoisotopic (exact) mass is 276 g/mol. The molecular formula is C13H16N4O3. The van der Waals surface area contributed by atoms with E-state index in [2.05, 4.69) is 10.3 Å². The molecule has 1 aromatic carbocycles. The first kappa shape index (κ1) is 13.9. The number of para-hydroxylation sites is 1. The lowest BCUT2D eigenvalue weighted by Gasteiger charge is -2.17. The third kappa shape index (κ3) is 2.56. The van der Waals surface area contributed by atoms with Crippen LogP contribution in [0.15, 0.2) is 30.6 Å². The predicted molar refractivity (Wildman–Crippen MR) is 74.9 cm³/mol. The van der Waals surface area contributed by atoms with Gasteiger partial charge in [0.25, 0.3) is 0 Å². The molecule has 0 bridgehead atoms. The second kappa shape index (κ2) is 5.60. The molecule has 0 aliphatic rings. The first-order valence-corrected chi connectivity index (χ1v) is 6.09. The quantitative estimate of drug-likeness (QED) is 0.670. The first-order chi connectivity index (χ1) is 9.54.